The van der Waals surface area contributed by atoms with Crippen LogP contribution in [0.25, 0.3) is 0 Å². The fourth-order valence-corrected chi connectivity index (χ4v) is 4.59. The third kappa shape index (κ3) is 4.22. The number of nitrogens with zero attached hydrogens (tertiary/aromatic N) is 3. The second-order valence-corrected chi connectivity index (χ2v) is 8.13. The van der Waals surface area contributed by atoms with Gasteiger partial charge in [0.1, 0.15) is 6.61 Å². The lowest BCUT2D eigenvalue weighted by atomic mass is 9.94. The van der Waals surface area contributed by atoms with E-state index in [2.05, 4.69) is 4.99 Å². The maximum atomic E-state index is 13.1. The van der Waals surface area contributed by atoms with Crippen LogP contribution in [0.5, 0.6) is 0 Å². The van der Waals surface area contributed by atoms with Crippen LogP contribution in [0.4, 0.5) is 5.69 Å². The Morgan fingerprint density at radius 2 is 2.03 bits per heavy atom. The molecule has 158 valence electrons. The number of hydrogen-bond acceptors (Lipinski definition) is 7. The van der Waals surface area contributed by atoms with Gasteiger partial charge in [-0.25, -0.2) is 9.79 Å². The van der Waals surface area contributed by atoms with E-state index in [9.17, 15) is 19.7 Å². The van der Waals surface area contributed by atoms with Gasteiger partial charge in [0.05, 0.1) is 22.2 Å². The summed E-state index contributed by atoms with van der Waals surface area (Å²) in [4.78, 5) is 42.7. The molecule has 9 heteroatoms. The number of allylic oxidation sites excluding steroid dienone is 1. The number of carbonyl (C=O) groups excluding carboxylic acids is 2. The van der Waals surface area contributed by atoms with Crippen molar-refractivity contribution in [1.29, 1.82) is 0 Å². The number of carbonyl (C=O) groups is 2. The van der Waals surface area contributed by atoms with Crippen molar-refractivity contribution >= 4 is 34.5 Å². The standard InChI is InChI=1S/C22H19N3O5S/c1-14-19(21(27)30-13-15-6-3-2-4-7-15)20(16-8-5-9-17(12-16)25(28)29)24-18(26)10-11-31-22(24)23-14/h2-9,12,20H,10-11,13H2,1H3/t20-/m0/s1. The molecule has 0 bridgehead atoms. The first-order valence-electron chi connectivity index (χ1n) is 9.65. The van der Waals surface area contributed by atoms with Crippen LogP contribution in [0.2, 0.25) is 0 Å². The van der Waals surface area contributed by atoms with Crippen molar-refractivity contribution in [3.8, 4) is 0 Å². The molecule has 0 saturated carbocycles. The summed E-state index contributed by atoms with van der Waals surface area (Å²) in [6, 6.07) is 14.4. The van der Waals surface area contributed by atoms with E-state index in [0.29, 0.717) is 28.6 Å². The summed E-state index contributed by atoms with van der Waals surface area (Å²) in [5.41, 5.74) is 1.81. The molecule has 0 N–H and O–H groups in total. The number of thioether (sulfide) groups is 1. The Bertz CT molecular complexity index is 1110. The first kappa shape index (κ1) is 20.8. The van der Waals surface area contributed by atoms with E-state index >= 15 is 0 Å². The number of non-ortho nitro benzene ring substituents is 1. The van der Waals surface area contributed by atoms with Crippen molar-refractivity contribution in [2.75, 3.05) is 5.75 Å². The minimum atomic E-state index is -0.837. The number of benzene rings is 2. The Kier molecular flexibility index (Phi) is 5.85. The molecule has 2 aromatic carbocycles. The van der Waals surface area contributed by atoms with E-state index in [4.69, 9.17) is 4.74 Å². The molecule has 8 nitrogen and oxygen atoms in total. The highest BCUT2D eigenvalue weighted by Gasteiger charge is 2.42. The summed E-state index contributed by atoms with van der Waals surface area (Å²) in [6.07, 6.45) is 0.292. The fraction of sp³-hybridized carbons (Fsp3) is 0.227. The van der Waals surface area contributed by atoms with Gasteiger partial charge < -0.3 is 4.74 Å². The highest BCUT2D eigenvalue weighted by Crippen LogP contribution is 2.41. The van der Waals surface area contributed by atoms with Crippen LogP contribution in [-0.4, -0.2) is 32.6 Å². The Morgan fingerprint density at radius 1 is 1.26 bits per heavy atom. The maximum Gasteiger partial charge on any atom is 0.338 e. The van der Waals surface area contributed by atoms with Crippen LogP contribution in [-0.2, 0) is 20.9 Å². The monoisotopic (exact) mass is 437 g/mol. The third-order valence-corrected chi connectivity index (χ3v) is 5.99. The maximum absolute atomic E-state index is 13.1. The number of rotatable bonds is 5. The second kappa shape index (κ2) is 8.73. The van der Waals surface area contributed by atoms with E-state index in [1.54, 1.807) is 19.1 Å². The molecule has 1 saturated heterocycles. The van der Waals surface area contributed by atoms with E-state index in [1.165, 1.54) is 28.8 Å². The smallest absolute Gasteiger partial charge is 0.338 e. The van der Waals surface area contributed by atoms with Crippen molar-refractivity contribution < 1.29 is 19.2 Å². The lowest BCUT2D eigenvalue weighted by Gasteiger charge is -2.38. The normalized spacial score (nSPS) is 18.4. The number of fused-ring (bicyclic) bond motifs is 1. The molecule has 0 aliphatic carbocycles. The Labute approximate surface area is 182 Å². The fourth-order valence-electron chi connectivity index (χ4n) is 3.58. The Hall–Kier alpha value is -3.46. The van der Waals surface area contributed by atoms with Crippen LogP contribution in [0.3, 0.4) is 0 Å². The largest absolute Gasteiger partial charge is 0.457 e. The molecule has 1 atom stereocenters. The van der Waals surface area contributed by atoms with Gasteiger partial charge in [-0.3, -0.25) is 19.8 Å². The molecule has 2 aliphatic rings. The minimum absolute atomic E-state index is 0.0668. The number of hydrogen-bond donors (Lipinski definition) is 0. The van der Waals surface area contributed by atoms with Gasteiger partial charge in [0.2, 0.25) is 5.91 Å². The molecular weight excluding hydrogens is 418 g/mol. The summed E-state index contributed by atoms with van der Waals surface area (Å²) in [6.45, 7) is 1.75. The molecule has 2 heterocycles. The number of nitro benzene ring substituents is 1. The van der Waals surface area contributed by atoms with Crippen LogP contribution >= 0.6 is 11.8 Å². The molecule has 2 aliphatic heterocycles. The molecular formula is C22H19N3O5S. The summed E-state index contributed by atoms with van der Waals surface area (Å²) < 4.78 is 5.54. The molecule has 31 heavy (non-hydrogen) atoms. The number of amidine groups is 1. The number of esters is 1. The van der Waals surface area contributed by atoms with Crippen LogP contribution in [0, 0.1) is 10.1 Å². The first-order valence-corrected chi connectivity index (χ1v) is 10.6. The number of aliphatic imine (C=N–C) groups is 1. The highest BCUT2D eigenvalue weighted by molar-refractivity contribution is 8.14. The highest BCUT2D eigenvalue weighted by atomic mass is 32.2. The third-order valence-electron chi connectivity index (χ3n) is 5.04. The van der Waals surface area contributed by atoms with E-state index in [1.807, 2.05) is 30.3 Å². The van der Waals surface area contributed by atoms with Crippen molar-refractivity contribution in [3.63, 3.8) is 0 Å². The predicted octanol–water partition coefficient (Wildman–Crippen LogP) is 3.99. The summed E-state index contributed by atoms with van der Waals surface area (Å²) in [7, 11) is 0. The molecule has 0 spiro atoms. The Morgan fingerprint density at radius 3 is 2.77 bits per heavy atom. The van der Waals surface area contributed by atoms with Crippen molar-refractivity contribution in [3.05, 3.63) is 87.1 Å². The molecule has 0 unspecified atom stereocenters. The molecule has 0 radical (unpaired) electrons. The van der Waals surface area contributed by atoms with Crippen LogP contribution in [0.1, 0.15) is 30.5 Å². The summed E-state index contributed by atoms with van der Waals surface area (Å²) in [5.74, 6) is -0.199. The molecule has 1 fully saturated rings. The van der Waals surface area contributed by atoms with E-state index in [-0.39, 0.29) is 23.8 Å². The molecule has 1 amide bonds. The van der Waals surface area contributed by atoms with Gasteiger partial charge in [0, 0.05) is 24.3 Å². The molecule has 4 rings (SSSR count). The minimum Gasteiger partial charge on any atom is -0.457 e. The second-order valence-electron chi connectivity index (χ2n) is 7.07. The van der Waals surface area contributed by atoms with Crippen LogP contribution in [0.15, 0.2) is 70.9 Å². The molecule has 2 aromatic rings. The average Bonchev–Trinajstić information content (AvgIpc) is 2.77. The van der Waals surface area contributed by atoms with Gasteiger partial charge in [-0.05, 0) is 18.1 Å². The average molecular weight is 437 g/mol. The first-order chi connectivity index (χ1) is 15.0. The number of nitro groups is 1. The zero-order valence-corrected chi connectivity index (χ0v) is 17.5. The van der Waals surface area contributed by atoms with E-state index < -0.39 is 16.9 Å². The zero-order chi connectivity index (χ0) is 22.0. The number of amides is 1. The van der Waals surface area contributed by atoms with Gasteiger partial charge >= 0.3 is 5.97 Å². The van der Waals surface area contributed by atoms with Gasteiger partial charge in [0.15, 0.2) is 5.17 Å². The van der Waals surface area contributed by atoms with Gasteiger partial charge in [-0.15, -0.1) is 0 Å². The van der Waals surface area contributed by atoms with Crippen molar-refractivity contribution in [2.24, 2.45) is 4.99 Å². The molecule has 0 aromatic heterocycles. The van der Waals surface area contributed by atoms with E-state index in [0.717, 1.165) is 5.56 Å². The van der Waals surface area contributed by atoms with Crippen molar-refractivity contribution in [2.45, 2.75) is 26.0 Å². The summed E-state index contributed by atoms with van der Waals surface area (Å²) >= 11 is 1.42. The van der Waals surface area contributed by atoms with Crippen molar-refractivity contribution in [1.82, 2.24) is 4.90 Å². The summed E-state index contributed by atoms with van der Waals surface area (Å²) in [5, 5.41) is 11.8. The van der Waals surface area contributed by atoms with Gasteiger partial charge in [-0.2, -0.15) is 0 Å². The SMILES string of the molecule is CC1=C(C(=O)OCc2ccccc2)[C@H](c2cccc([N+](=O)[O-])c2)N2C(=O)CCSC2=N1. The quantitative estimate of drug-likeness (QED) is 0.398. The van der Waals surface area contributed by atoms with Crippen LogP contribution < -0.4 is 0 Å². The predicted molar refractivity (Wildman–Crippen MR) is 116 cm³/mol. The van der Waals surface area contributed by atoms with Gasteiger partial charge in [0.25, 0.3) is 5.69 Å². The topological polar surface area (TPSA) is 102 Å². The number of ether oxygens (including phenoxy) is 1. The Balaban J connectivity index is 1.74. The zero-order valence-electron chi connectivity index (χ0n) is 16.7. The lowest BCUT2D eigenvalue weighted by molar-refractivity contribution is -0.384. The van der Waals surface area contributed by atoms with Gasteiger partial charge in [-0.1, -0.05) is 54.2 Å². The lowest BCUT2D eigenvalue weighted by Crippen LogP contribution is -2.45.